The van der Waals surface area contributed by atoms with Gasteiger partial charge in [-0.2, -0.15) is 0 Å². The highest BCUT2D eigenvalue weighted by atomic mass is 16.5. The molecule has 2 N–H and O–H groups in total. The minimum absolute atomic E-state index is 0.0507. The third-order valence-electron chi connectivity index (χ3n) is 7.25. The molecule has 7 nitrogen and oxygen atoms in total. The van der Waals surface area contributed by atoms with Gasteiger partial charge in [-0.1, -0.05) is 63.2 Å². The van der Waals surface area contributed by atoms with E-state index in [-0.39, 0.29) is 42.7 Å². The Morgan fingerprint density at radius 2 is 1.69 bits per heavy atom. The zero-order valence-corrected chi connectivity index (χ0v) is 22.4. The summed E-state index contributed by atoms with van der Waals surface area (Å²) >= 11 is 0. The normalized spacial score (nSPS) is 20.1. The van der Waals surface area contributed by atoms with Crippen molar-refractivity contribution in [2.45, 2.75) is 59.4 Å². The van der Waals surface area contributed by atoms with Crippen molar-refractivity contribution in [1.82, 2.24) is 15.1 Å². The summed E-state index contributed by atoms with van der Waals surface area (Å²) in [5, 5.41) is 13.0. The van der Waals surface area contributed by atoms with E-state index in [4.69, 9.17) is 4.74 Å². The third-order valence-corrected chi connectivity index (χ3v) is 7.25. The number of likely N-dealkylation sites (N-methyl/N-ethyl adjacent to an activating group) is 1. The van der Waals surface area contributed by atoms with Gasteiger partial charge in [-0.05, 0) is 42.5 Å². The van der Waals surface area contributed by atoms with Gasteiger partial charge < -0.3 is 25.0 Å². The Balaban J connectivity index is 1.97. The maximum atomic E-state index is 13.8. The number of nitrogens with zero attached hydrogens (tertiary/aromatic N) is 2. The topological polar surface area (TPSA) is 82.1 Å². The molecule has 0 saturated heterocycles. The molecule has 1 aliphatic rings. The molecule has 4 atom stereocenters. The van der Waals surface area contributed by atoms with Crippen molar-refractivity contribution < 1.29 is 19.4 Å². The highest BCUT2D eigenvalue weighted by Gasteiger charge is 2.31. The lowest BCUT2D eigenvalue weighted by Gasteiger charge is -2.35. The average molecular weight is 496 g/mol. The first-order chi connectivity index (χ1) is 17.1. The molecule has 0 aliphatic carbocycles. The number of aliphatic hydroxyl groups excluding tert-OH is 1. The number of fused-ring (bicyclic) bond motifs is 3. The molecule has 0 aromatic heterocycles. The molecule has 3 amide bonds. The van der Waals surface area contributed by atoms with Crippen molar-refractivity contribution in [3.63, 3.8) is 0 Å². The van der Waals surface area contributed by atoms with Crippen LogP contribution in [0.5, 0.6) is 0 Å². The van der Waals surface area contributed by atoms with Gasteiger partial charge in [-0.3, -0.25) is 4.79 Å². The number of urea groups is 1. The summed E-state index contributed by atoms with van der Waals surface area (Å²) in [6.07, 6.45) is -0.314. The molecule has 2 aromatic carbocycles. The molecular weight excluding hydrogens is 454 g/mol. The second kappa shape index (κ2) is 12.4. The lowest BCUT2D eigenvalue weighted by molar-refractivity contribution is -0.0185. The van der Waals surface area contributed by atoms with Crippen molar-refractivity contribution in [3.8, 4) is 11.1 Å². The van der Waals surface area contributed by atoms with E-state index in [1.807, 2.05) is 69.3 Å². The Kier molecular flexibility index (Phi) is 9.51. The maximum Gasteiger partial charge on any atom is 0.317 e. The van der Waals surface area contributed by atoms with Crippen molar-refractivity contribution in [2.75, 3.05) is 26.7 Å². The molecular formula is C29H41N3O4. The molecule has 0 radical (unpaired) electrons. The first-order valence-corrected chi connectivity index (χ1v) is 12.9. The van der Waals surface area contributed by atoms with Crippen LogP contribution in [0.15, 0.2) is 48.5 Å². The molecule has 1 aliphatic heterocycles. The molecule has 0 saturated carbocycles. The number of aliphatic hydroxyl groups is 1. The molecule has 0 unspecified atom stereocenters. The van der Waals surface area contributed by atoms with Crippen LogP contribution in [-0.4, -0.2) is 71.8 Å². The number of benzene rings is 2. The highest BCUT2D eigenvalue weighted by Crippen LogP contribution is 2.31. The second-order valence-electron chi connectivity index (χ2n) is 10.4. The zero-order valence-electron chi connectivity index (χ0n) is 22.4. The molecule has 3 rings (SSSR count). The van der Waals surface area contributed by atoms with Gasteiger partial charge in [-0.15, -0.1) is 0 Å². The van der Waals surface area contributed by atoms with E-state index >= 15 is 0 Å². The maximum absolute atomic E-state index is 13.8. The largest absolute Gasteiger partial charge is 0.394 e. The van der Waals surface area contributed by atoms with Crippen LogP contribution in [-0.2, 0) is 11.3 Å². The van der Waals surface area contributed by atoms with Crippen molar-refractivity contribution >= 4 is 11.9 Å². The lowest BCUT2D eigenvalue weighted by atomic mass is 9.94. The van der Waals surface area contributed by atoms with E-state index in [9.17, 15) is 14.7 Å². The first-order valence-electron chi connectivity index (χ1n) is 12.9. The average Bonchev–Trinajstić information content (AvgIpc) is 2.89. The fourth-order valence-electron chi connectivity index (χ4n) is 4.38. The molecule has 7 heteroatoms. The summed E-state index contributed by atoms with van der Waals surface area (Å²) in [6.45, 7) is 11.0. The van der Waals surface area contributed by atoms with Gasteiger partial charge in [0.1, 0.15) is 0 Å². The second-order valence-corrected chi connectivity index (χ2v) is 10.4. The summed E-state index contributed by atoms with van der Waals surface area (Å²) in [5.74, 6) is 0.122. The summed E-state index contributed by atoms with van der Waals surface area (Å²) in [5.41, 5.74) is 3.39. The van der Waals surface area contributed by atoms with Gasteiger partial charge in [0.05, 0.1) is 25.4 Å². The van der Waals surface area contributed by atoms with Crippen LogP contribution in [0, 0.1) is 11.8 Å². The van der Waals surface area contributed by atoms with Gasteiger partial charge in [0.15, 0.2) is 0 Å². The molecule has 0 bridgehead atoms. The zero-order chi connectivity index (χ0) is 26.4. The van der Waals surface area contributed by atoms with Crippen molar-refractivity contribution in [1.29, 1.82) is 0 Å². The third kappa shape index (κ3) is 6.45. The number of rotatable bonds is 6. The van der Waals surface area contributed by atoms with Gasteiger partial charge in [-0.25, -0.2) is 4.79 Å². The molecule has 2 aromatic rings. The van der Waals surface area contributed by atoms with Crippen LogP contribution in [0.25, 0.3) is 11.1 Å². The quantitative estimate of drug-likeness (QED) is 0.623. The van der Waals surface area contributed by atoms with Crippen LogP contribution < -0.4 is 5.32 Å². The number of amides is 3. The van der Waals surface area contributed by atoms with E-state index in [2.05, 4.69) is 19.2 Å². The predicted molar refractivity (Wildman–Crippen MR) is 143 cm³/mol. The van der Waals surface area contributed by atoms with Crippen LogP contribution in [0.1, 0.15) is 50.5 Å². The monoisotopic (exact) mass is 495 g/mol. The summed E-state index contributed by atoms with van der Waals surface area (Å²) in [7, 11) is 1.77. The van der Waals surface area contributed by atoms with Crippen LogP contribution in [0.3, 0.4) is 0 Å². The fraction of sp³-hybridized carbons (Fsp3) is 0.517. The molecule has 36 heavy (non-hydrogen) atoms. The lowest BCUT2D eigenvalue weighted by Crippen LogP contribution is -2.50. The van der Waals surface area contributed by atoms with Crippen LogP contribution in [0.4, 0.5) is 4.79 Å². The Morgan fingerprint density at radius 3 is 2.33 bits per heavy atom. The number of hydrogen-bond donors (Lipinski definition) is 2. The van der Waals surface area contributed by atoms with E-state index in [1.54, 1.807) is 16.8 Å². The highest BCUT2D eigenvalue weighted by molar-refractivity contribution is 6.01. The van der Waals surface area contributed by atoms with Crippen LogP contribution in [0.2, 0.25) is 0 Å². The Morgan fingerprint density at radius 1 is 1.08 bits per heavy atom. The van der Waals surface area contributed by atoms with E-state index in [0.29, 0.717) is 31.2 Å². The number of ether oxygens (including phenoxy) is 1. The molecule has 196 valence electrons. The minimum atomic E-state index is -0.363. The predicted octanol–water partition coefficient (Wildman–Crippen LogP) is 4.40. The Labute approximate surface area is 215 Å². The number of carbonyl (C=O) groups is 2. The van der Waals surface area contributed by atoms with E-state index in [1.165, 1.54) is 0 Å². The SMILES string of the molecule is CC(C)[C@H](C)NC(=O)N(C)C[C@H]1OCc2ccccc2-c2ccccc2C(=O)N([C@H](C)CO)C[C@@H]1C. The molecule has 0 spiro atoms. The van der Waals surface area contributed by atoms with E-state index in [0.717, 1.165) is 16.7 Å². The summed E-state index contributed by atoms with van der Waals surface area (Å²) in [4.78, 5) is 30.1. The van der Waals surface area contributed by atoms with Gasteiger partial charge in [0, 0.05) is 37.7 Å². The standard InChI is InChI=1S/C29H41N3O4/c1-19(2)22(5)30-29(35)31(6)16-27-20(3)15-32(21(4)17-33)28(34)26-14-10-9-13-25(26)24-12-8-7-11-23(24)18-36-27/h7-14,19-22,27,33H,15-18H2,1-6H3,(H,30,35)/t20-,21+,22-,27+/m0/s1. The van der Waals surface area contributed by atoms with E-state index < -0.39 is 0 Å². The molecule has 0 fully saturated rings. The van der Waals surface area contributed by atoms with Gasteiger partial charge in [0.2, 0.25) is 0 Å². The van der Waals surface area contributed by atoms with Gasteiger partial charge in [0.25, 0.3) is 5.91 Å². The summed E-state index contributed by atoms with van der Waals surface area (Å²) < 4.78 is 6.48. The van der Waals surface area contributed by atoms with Crippen molar-refractivity contribution in [2.24, 2.45) is 11.8 Å². The fourth-order valence-corrected chi connectivity index (χ4v) is 4.38. The van der Waals surface area contributed by atoms with Crippen molar-refractivity contribution in [3.05, 3.63) is 59.7 Å². The summed E-state index contributed by atoms with van der Waals surface area (Å²) in [6, 6.07) is 15.1. The minimum Gasteiger partial charge on any atom is -0.394 e. The Hall–Kier alpha value is -2.90. The number of carbonyl (C=O) groups excluding carboxylic acids is 2. The van der Waals surface area contributed by atoms with Gasteiger partial charge >= 0.3 is 6.03 Å². The first kappa shape index (κ1) is 27.7. The number of nitrogens with one attached hydrogen (secondary N) is 1. The Bertz CT molecular complexity index is 1040. The van der Waals surface area contributed by atoms with Crippen LogP contribution >= 0.6 is 0 Å². The number of hydrogen-bond acceptors (Lipinski definition) is 4. The smallest absolute Gasteiger partial charge is 0.317 e. The molecule has 1 heterocycles.